The lowest BCUT2D eigenvalue weighted by Crippen LogP contribution is -2.20. The average Bonchev–Trinajstić information content (AvgIpc) is 2.56. The molecule has 25 heavy (non-hydrogen) atoms. The van der Waals surface area contributed by atoms with Crippen molar-refractivity contribution >= 4 is 22.8 Å². The molecule has 0 bridgehead atoms. The zero-order chi connectivity index (χ0) is 18.6. The molecular weight excluding hydrogens is 326 g/mol. The van der Waals surface area contributed by atoms with Gasteiger partial charge in [0.25, 0.3) is 0 Å². The lowest BCUT2D eigenvalue weighted by atomic mass is 9.99. The summed E-state index contributed by atoms with van der Waals surface area (Å²) in [6, 6.07) is 2.96. The molecule has 0 saturated heterocycles. The Morgan fingerprint density at radius 1 is 1.32 bits per heavy atom. The molecule has 2 N–H and O–H groups in total. The van der Waals surface area contributed by atoms with Crippen LogP contribution in [-0.2, 0) is 27.2 Å². The second-order valence-electron chi connectivity index (χ2n) is 5.63. The fraction of sp³-hybridized carbons (Fsp3) is 0.389. The minimum atomic E-state index is -0.548. The normalized spacial score (nSPS) is 10.7. The van der Waals surface area contributed by atoms with E-state index in [1.807, 2.05) is 0 Å². The minimum Gasteiger partial charge on any atom is -0.508 e. The number of esters is 1. The van der Waals surface area contributed by atoms with Crippen LogP contribution in [0.15, 0.2) is 21.3 Å². The SMILES string of the molecule is CCOC(=O)CCc1c(C)c2cc(CC(=O)NC)c(O)cc2oc1=O. The van der Waals surface area contributed by atoms with E-state index in [1.165, 1.54) is 13.1 Å². The number of nitrogens with one attached hydrogen (secondary N) is 1. The van der Waals surface area contributed by atoms with Gasteiger partial charge in [-0.25, -0.2) is 4.79 Å². The first-order valence-corrected chi connectivity index (χ1v) is 8.01. The summed E-state index contributed by atoms with van der Waals surface area (Å²) in [5.74, 6) is -0.738. The van der Waals surface area contributed by atoms with Crippen molar-refractivity contribution in [1.82, 2.24) is 5.32 Å². The highest BCUT2D eigenvalue weighted by Crippen LogP contribution is 2.28. The molecule has 1 amide bonds. The fourth-order valence-electron chi connectivity index (χ4n) is 2.62. The van der Waals surface area contributed by atoms with Gasteiger partial charge >= 0.3 is 11.6 Å². The highest BCUT2D eigenvalue weighted by molar-refractivity contribution is 5.86. The lowest BCUT2D eigenvalue weighted by Gasteiger charge is -2.10. The van der Waals surface area contributed by atoms with Crippen molar-refractivity contribution in [2.24, 2.45) is 0 Å². The summed E-state index contributed by atoms with van der Waals surface area (Å²) in [6.07, 6.45) is 0.289. The smallest absolute Gasteiger partial charge is 0.339 e. The molecule has 7 heteroatoms. The number of fused-ring (bicyclic) bond motifs is 1. The number of likely N-dealkylation sites (N-methyl/N-ethyl adjacent to an activating group) is 1. The first-order chi connectivity index (χ1) is 11.9. The fourth-order valence-corrected chi connectivity index (χ4v) is 2.62. The molecule has 134 valence electrons. The zero-order valence-corrected chi connectivity index (χ0v) is 14.5. The maximum absolute atomic E-state index is 12.2. The number of aromatic hydroxyl groups is 1. The van der Waals surface area contributed by atoms with Gasteiger partial charge in [0.1, 0.15) is 11.3 Å². The Hall–Kier alpha value is -2.83. The Balaban J connectivity index is 2.44. The molecule has 0 atom stereocenters. The van der Waals surface area contributed by atoms with E-state index in [9.17, 15) is 19.5 Å². The molecule has 0 aliphatic heterocycles. The third-order valence-corrected chi connectivity index (χ3v) is 4.00. The Kier molecular flexibility index (Phi) is 5.80. The summed E-state index contributed by atoms with van der Waals surface area (Å²) in [5, 5.41) is 13.2. The summed E-state index contributed by atoms with van der Waals surface area (Å²) in [7, 11) is 1.51. The van der Waals surface area contributed by atoms with Crippen LogP contribution in [0.2, 0.25) is 0 Å². The van der Waals surface area contributed by atoms with Crippen LogP contribution in [0, 0.1) is 6.92 Å². The number of hydrogen-bond acceptors (Lipinski definition) is 6. The van der Waals surface area contributed by atoms with E-state index in [-0.39, 0.29) is 49.1 Å². The van der Waals surface area contributed by atoms with Crippen molar-refractivity contribution in [2.45, 2.75) is 33.1 Å². The summed E-state index contributed by atoms with van der Waals surface area (Å²) < 4.78 is 10.1. The highest BCUT2D eigenvalue weighted by atomic mass is 16.5. The molecule has 0 spiro atoms. The van der Waals surface area contributed by atoms with Gasteiger partial charge in [-0.05, 0) is 31.9 Å². The summed E-state index contributed by atoms with van der Waals surface area (Å²) >= 11 is 0. The second kappa shape index (κ2) is 7.83. The van der Waals surface area contributed by atoms with E-state index in [4.69, 9.17) is 9.15 Å². The molecule has 1 aromatic heterocycles. The number of phenols is 1. The van der Waals surface area contributed by atoms with Crippen LogP contribution in [0.5, 0.6) is 5.75 Å². The number of phenolic OH excluding ortho intramolecular Hbond substituents is 1. The molecule has 0 radical (unpaired) electrons. The average molecular weight is 347 g/mol. The van der Waals surface area contributed by atoms with Crippen molar-refractivity contribution < 1.29 is 23.8 Å². The molecule has 1 aromatic carbocycles. The van der Waals surface area contributed by atoms with E-state index in [0.717, 1.165) is 0 Å². The molecule has 0 unspecified atom stereocenters. The number of carbonyl (C=O) groups excluding carboxylic acids is 2. The van der Waals surface area contributed by atoms with Crippen molar-refractivity contribution in [2.75, 3.05) is 13.7 Å². The lowest BCUT2D eigenvalue weighted by molar-refractivity contribution is -0.143. The van der Waals surface area contributed by atoms with E-state index in [1.54, 1.807) is 19.9 Å². The number of aryl methyl sites for hydroxylation is 1. The van der Waals surface area contributed by atoms with Gasteiger partial charge in [0.05, 0.1) is 13.0 Å². The number of hydrogen-bond donors (Lipinski definition) is 2. The predicted octanol–water partition coefficient (Wildman–Crippen LogP) is 1.59. The first-order valence-electron chi connectivity index (χ1n) is 8.01. The predicted molar refractivity (Wildman–Crippen MR) is 91.6 cm³/mol. The van der Waals surface area contributed by atoms with E-state index < -0.39 is 5.63 Å². The van der Waals surface area contributed by atoms with Gasteiger partial charge in [-0.1, -0.05) is 0 Å². The zero-order valence-electron chi connectivity index (χ0n) is 14.5. The summed E-state index contributed by atoms with van der Waals surface area (Å²) in [4.78, 5) is 35.3. The van der Waals surface area contributed by atoms with Gasteiger partial charge in [0, 0.05) is 36.0 Å². The number of carbonyl (C=O) groups is 2. The van der Waals surface area contributed by atoms with Gasteiger partial charge in [-0.2, -0.15) is 0 Å². The Bertz CT molecular complexity index is 868. The van der Waals surface area contributed by atoms with Crippen LogP contribution in [0.4, 0.5) is 0 Å². The van der Waals surface area contributed by atoms with E-state index >= 15 is 0 Å². The summed E-state index contributed by atoms with van der Waals surface area (Å²) in [5.41, 5.74) is 1.17. The van der Waals surface area contributed by atoms with Crippen LogP contribution in [0.1, 0.15) is 30.0 Å². The van der Waals surface area contributed by atoms with Crippen LogP contribution >= 0.6 is 0 Å². The molecule has 0 aliphatic rings. The third-order valence-electron chi connectivity index (χ3n) is 4.00. The molecule has 0 saturated carbocycles. The molecule has 1 heterocycles. The molecule has 0 aliphatic carbocycles. The van der Waals surface area contributed by atoms with Crippen molar-refractivity contribution in [1.29, 1.82) is 0 Å². The van der Waals surface area contributed by atoms with Crippen molar-refractivity contribution in [3.05, 3.63) is 39.2 Å². The first kappa shape index (κ1) is 18.5. The van der Waals surface area contributed by atoms with E-state index in [0.29, 0.717) is 22.1 Å². The monoisotopic (exact) mass is 347 g/mol. The van der Waals surface area contributed by atoms with Gasteiger partial charge in [-0.15, -0.1) is 0 Å². The summed E-state index contributed by atoms with van der Waals surface area (Å²) in [6.45, 7) is 3.75. The number of rotatable bonds is 6. The van der Waals surface area contributed by atoms with Gasteiger partial charge in [0.15, 0.2) is 0 Å². The third kappa shape index (κ3) is 4.17. The number of ether oxygens (including phenoxy) is 1. The number of benzene rings is 1. The quantitative estimate of drug-likeness (QED) is 0.607. The highest BCUT2D eigenvalue weighted by Gasteiger charge is 2.16. The largest absolute Gasteiger partial charge is 0.508 e. The molecule has 2 rings (SSSR count). The second-order valence-corrected chi connectivity index (χ2v) is 5.63. The standard InChI is InChI=1S/C18H21NO6/c1-4-24-17(22)6-5-12-10(2)13-7-11(8-16(21)19-3)14(20)9-15(13)25-18(12)23/h7,9,20H,4-6,8H2,1-3H3,(H,19,21). The number of amides is 1. The van der Waals surface area contributed by atoms with Gasteiger partial charge in [0.2, 0.25) is 5.91 Å². The maximum Gasteiger partial charge on any atom is 0.339 e. The topological polar surface area (TPSA) is 106 Å². The van der Waals surface area contributed by atoms with Crippen LogP contribution < -0.4 is 10.9 Å². The van der Waals surface area contributed by atoms with Crippen molar-refractivity contribution in [3.8, 4) is 5.75 Å². The van der Waals surface area contributed by atoms with Crippen molar-refractivity contribution in [3.63, 3.8) is 0 Å². The van der Waals surface area contributed by atoms with Crippen LogP contribution in [-0.4, -0.2) is 30.6 Å². The van der Waals surface area contributed by atoms with Crippen LogP contribution in [0.3, 0.4) is 0 Å². The molecular formula is C18H21NO6. The molecule has 7 nitrogen and oxygen atoms in total. The van der Waals surface area contributed by atoms with E-state index in [2.05, 4.69) is 5.32 Å². The van der Waals surface area contributed by atoms with Crippen LogP contribution in [0.25, 0.3) is 11.0 Å². The maximum atomic E-state index is 12.2. The van der Waals surface area contributed by atoms with Gasteiger partial charge < -0.3 is 19.6 Å². The minimum absolute atomic E-state index is 0.00893. The Labute approximate surface area is 144 Å². The molecule has 0 fully saturated rings. The Morgan fingerprint density at radius 2 is 2.04 bits per heavy atom. The Morgan fingerprint density at radius 3 is 2.68 bits per heavy atom. The molecule has 2 aromatic rings. The van der Waals surface area contributed by atoms with Gasteiger partial charge in [-0.3, -0.25) is 9.59 Å².